The van der Waals surface area contributed by atoms with Crippen LogP contribution in [0.4, 0.5) is 0 Å². The van der Waals surface area contributed by atoms with Crippen molar-refractivity contribution < 1.29 is 0 Å². The molecule has 0 radical (unpaired) electrons. The van der Waals surface area contributed by atoms with E-state index < -0.39 is 0 Å². The first-order valence-corrected chi connectivity index (χ1v) is 6.54. The summed E-state index contributed by atoms with van der Waals surface area (Å²) in [5.74, 6) is 0. The number of rotatable bonds is 0. The fraction of sp³-hybridized carbons (Fsp3) is 0.600. The number of fused-ring (bicyclic) bond motifs is 1. The van der Waals surface area contributed by atoms with Gasteiger partial charge in [-0.2, -0.15) is 0 Å². The van der Waals surface area contributed by atoms with Gasteiger partial charge >= 0.3 is 0 Å². The molecule has 1 heteroatoms. The van der Waals surface area contributed by atoms with Gasteiger partial charge in [0, 0.05) is 4.90 Å². The molecule has 1 aliphatic rings. The van der Waals surface area contributed by atoms with E-state index in [-0.39, 0.29) is 5.41 Å². The minimum atomic E-state index is 0.272. The van der Waals surface area contributed by atoms with E-state index in [9.17, 15) is 0 Å². The maximum Gasteiger partial charge on any atom is 0.00806 e. The van der Waals surface area contributed by atoms with Crippen molar-refractivity contribution in [1.82, 2.24) is 0 Å². The largest absolute Gasteiger partial charge is 0.143 e. The highest BCUT2D eigenvalue weighted by atomic mass is 32.1. The number of thiol groups is 1. The first-order valence-electron chi connectivity index (χ1n) is 6.09. The maximum absolute atomic E-state index is 4.67. The molecule has 0 heterocycles. The molecule has 0 saturated carbocycles. The number of hydrogen-bond acceptors (Lipinski definition) is 1. The third-order valence-electron chi connectivity index (χ3n) is 4.12. The monoisotopic (exact) mass is 234 g/mol. The molecule has 0 unspecified atom stereocenters. The van der Waals surface area contributed by atoms with E-state index in [1.165, 1.54) is 34.4 Å². The van der Waals surface area contributed by atoms with Crippen molar-refractivity contribution in [2.45, 2.75) is 63.2 Å². The lowest BCUT2D eigenvalue weighted by Crippen LogP contribution is -2.35. The molecule has 2 rings (SSSR count). The lowest BCUT2D eigenvalue weighted by molar-refractivity contribution is 0.325. The smallest absolute Gasteiger partial charge is 0.00806 e. The molecule has 0 N–H and O–H groups in total. The molecule has 0 amide bonds. The summed E-state index contributed by atoms with van der Waals surface area (Å²) in [6, 6.07) is 4.37. The Kier molecular flexibility index (Phi) is 2.66. The lowest BCUT2D eigenvalue weighted by Gasteiger charge is -2.43. The summed E-state index contributed by atoms with van der Waals surface area (Å²) >= 11 is 4.67. The third-order valence-corrected chi connectivity index (χ3v) is 4.49. The Morgan fingerprint density at radius 2 is 1.44 bits per heavy atom. The van der Waals surface area contributed by atoms with Gasteiger partial charge in [0.1, 0.15) is 0 Å². The standard InChI is InChI=1S/C15H22S/c1-10-6-7-11(16)13-12(10)14(2,3)8-9-15(13,4)5/h6-7,16H,8-9H2,1-5H3. The molecule has 88 valence electrons. The van der Waals surface area contributed by atoms with Crippen LogP contribution in [0.2, 0.25) is 0 Å². The van der Waals surface area contributed by atoms with Gasteiger partial charge in [-0.05, 0) is 53.4 Å². The summed E-state index contributed by atoms with van der Waals surface area (Å²) in [4.78, 5) is 1.17. The van der Waals surface area contributed by atoms with Crippen LogP contribution in [0.5, 0.6) is 0 Å². The predicted molar refractivity (Wildman–Crippen MR) is 73.7 cm³/mol. The molecule has 0 bridgehead atoms. The first kappa shape index (κ1) is 12.0. The Hall–Kier alpha value is -0.430. The quantitative estimate of drug-likeness (QED) is 0.622. The molecule has 16 heavy (non-hydrogen) atoms. The number of aryl methyl sites for hydroxylation is 1. The van der Waals surface area contributed by atoms with Gasteiger partial charge in [-0.3, -0.25) is 0 Å². The maximum atomic E-state index is 4.67. The molecule has 0 fully saturated rings. The lowest BCUT2D eigenvalue weighted by atomic mass is 9.62. The molecule has 0 aliphatic heterocycles. The molecule has 1 aromatic carbocycles. The molecule has 0 aromatic heterocycles. The molecule has 0 spiro atoms. The molecule has 1 aromatic rings. The van der Waals surface area contributed by atoms with Gasteiger partial charge in [0.25, 0.3) is 0 Å². The van der Waals surface area contributed by atoms with E-state index in [1.807, 2.05) is 0 Å². The molecular weight excluding hydrogens is 212 g/mol. The van der Waals surface area contributed by atoms with Crippen LogP contribution in [0.25, 0.3) is 0 Å². The van der Waals surface area contributed by atoms with Crippen molar-refractivity contribution in [3.05, 3.63) is 28.8 Å². The van der Waals surface area contributed by atoms with Crippen molar-refractivity contribution >= 4 is 12.6 Å². The van der Waals surface area contributed by atoms with Gasteiger partial charge < -0.3 is 0 Å². The van der Waals surface area contributed by atoms with E-state index in [2.05, 4.69) is 59.4 Å². The summed E-state index contributed by atoms with van der Waals surface area (Å²) in [5, 5.41) is 0. The molecule has 0 nitrogen and oxygen atoms in total. The minimum Gasteiger partial charge on any atom is -0.143 e. The Balaban J connectivity index is 2.79. The van der Waals surface area contributed by atoms with Gasteiger partial charge in [-0.25, -0.2) is 0 Å². The summed E-state index contributed by atoms with van der Waals surface area (Å²) in [5.41, 5.74) is 5.01. The third kappa shape index (κ3) is 1.69. The van der Waals surface area contributed by atoms with Gasteiger partial charge in [0.05, 0.1) is 0 Å². The molecular formula is C15H22S. The number of hydrogen-bond donors (Lipinski definition) is 1. The van der Waals surface area contributed by atoms with Crippen LogP contribution in [-0.2, 0) is 10.8 Å². The van der Waals surface area contributed by atoms with Gasteiger partial charge in [0.15, 0.2) is 0 Å². The summed E-state index contributed by atoms with van der Waals surface area (Å²) in [7, 11) is 0. The number of benzene rings is 1. The van der Waals surface area contributed by atoms with Crippen LogP contribution >= 0.6 is 12.6 Å². The van der Waals surface area contributed by atoms with Crippen LogP contribution in [-0.4, -0.2) is 0 Å². The highest BCUT2D eigenvalue weighted by Crippen LogP contribution is 2.48. The average Bonchev–Trinajstić information content (AvgIpc) is 2.16. The van der Waals surface area contributed by atoms with Crippen molar-refractivity contribution in [2.24, 2.45) is 0 Å². The molecule has 0 atom stereocenters. The SMILES string of the molecule is Cc1ccc(S)c2c1C(C)(C)CCC2(C)C. The van der Waals surface area contributed by atoms with Crippen LogP contribution < -0.4 is 0 Å². The first-order chi connectivity index (χ1) is 7.26. The zero-order valence-electron chi connectivity index (χ0n) is 11.0. The van der Waals surface area contributed by atoms with Crippen molar-refractivity contribution in [3.63, 3.8) is 0 Å². The second-order valence-electron chi connectivity index (χ2n) is 6.42. The second-order valence-corrected chi connectivity index (χ2v) is 6.90. The summed E-state index contributed by atoms with van der Waals surface area (Å²) < 4.78 is 0. The highest BCUT2D eigenvalue weighted by molar-refractivity contribution is 7.80. The van der Waals surface area contributed by atoms with Crippen molar-refractivity contribution in [3.8, 4) is 0 Å². The Morgan fingerprint density at radius 3 is 1.94 bits per heavy atom. The molecule has 0 saturated heterocycles. The fourth-order valence-corrected chi connectivity index (χ4v) is 3.62. The van der Waals surface area contributed by atoms with E-state index in [0.717, 1.165) is 0 Å². The summed E-state index contributed by atoms with van der Waals surface area (Å²) in [6.45, 7) is 11.7. The van der Waals surface area contributed by atoms with E-state index in [4.69, 9.17) is 0 Å². The van der Waals surface area contributed by atoms with Crippen LogP contribution in [0.15, 0.2) is 17.0 Å². The zero-order chi connectivity index (χ0) is 12.1. The minimum absolute atomic E-state index is 0.272. The van der Waals surface area contributed by atoms with Gasteiger partial charge in [0.2, 0.25) is 0 Å². The highest BCUT2D eigenvalue weighted by Gasteiger charge is 2.38. The van der Waals surface area contributed by atoms with Crippen LogP contribution in [0.3, 0.4) is 0 Å². The topological polar surface area (TPSA) is 0 Å². The predicted octanol–water partition coefficient (Wildman–Crippen LogP) is 4.63. The Bertz CT molecular complexity index is 386. The zero-order valence-corrected chi connectivity index (χ0v) is 11.9. The van der Waals surface area contributed by atoms with E-state index in [0.29, 0.717) is 5.41 Å². The van der Waals surface area contributed by atoms with Gasteiger partial charge in [-0.15, -0.1) is 12.6 Å². The van der Waals surface area contributed by atoms with Crippen LogP contribution in [0, 0.1) is 6.92 Å². The summed E-state index contributed by atoms with van der Waals surface area (Å²) in [6.07, 6.45) is 2.52. The fourth-order valence-electron chi connectivity index (χ4n) is 3.13. The van der Waals surface area contributed by atoms with Crippen molar-refractivity contribution in [2.75, 3.05) is 0 Å². The van der Waals surface area contributed by atoms with E-state index in [1.54, 1.807) is 0 Å². The van der Waals surface area contributed by atoms with Crippen molar-refractivity contribution in [1.29, 1.82) is 0 Å². The normalized spacial score (nSPS) is 21.6. The Labute approximate surface area is 105 Å². The second kappa shape index (κ2) is 3.53. The van der Waals surface area contributed by atoms with Gasteiger partial charge in [-0.1, -0.05) is 33.8 Å². The molecule has 1 aliphatic carbocycles. The van der Waals surface area contributed by atoms with E-state index >= 15 is 0 Å². The Morgan fingerprint density at radius 1 is 0.938 bits per heavy atom. The average molecular weight is 234 g/mol. The van der Waals surface area contributed by atoms with Crippen LogP contribution in [0.1, 0.15) is 57.2 Å².